The van der Waals surface area contributed by atoms with Crippen LogP contribution in [0.3, 0.4) is 0 Å². The minimum atomic E-state index is 0.588. The number of nitrogens with zero attached hydrogens (tertiary/aromatic N) is 2. The third-order valence-corrected chi connectivity index (χ3v) is 6.31. The number of guanidine groups is 1. The molecule has 27 heavy (non-hydrogen) atoms. The van der Waals surface area contributed by atoms with Crippen LogP contribution in [0.1, 0.15) is 43.7 Å². The first-order chi connectivity index (χ1) is 13.3. The molecule has 2 N–H and O–H groups in total. The molecule has 148 valence electrons. The van der Waals surface area contributed by atoms with Crippen molar-refractivity contribution in [3.63, 3.8) is 0 Å². The number of benzene rings is 1. The van der Waals surface area contributed by atoms with E-state index in [1.807, 2.05) is 0 Å². The molecule has 0 aromatic heterocycles. The van der Waals surface area contributed by atoms with Crippen molar-refractivity contribution in [1.29, 1.82) is 0 Å². The maximum Gasteiger partial charge on any atom is 0.191 e. The monoisotopic (exact) mass is 370 g/mol. The number of ether oxygens (including phenoxy) is 1. The molecule has 3 fully saturated rings. The van der Waals surface area contributed by atoms with Crippen LogP contribution in [0.4, 0.5) is 0 Å². The van der Waals surface area contributed by atoms with E-state index in [0.29, 0.717) is 5.41 Å². The van der Waals surface area contributed by atoms with Gasteiger partial charge in [-0.1, -0.05) is 24.3 Å². The van der Waals surface area contributed by atoms with E-state index in [-0.39, 0.29) is 0 Å². The Morgan fingerprint density at radius 2 is 1.89 bits per heavy atom. The molecule has 3 aliphatic rings. The number of nitrogens with one attached hydrogen (secondary N) is 2. The Labute approximate surface area is 163 Å². The average Bonchev–Trinajstić information content (AvgIpc) is 3.59. The molecule has 5 nitrogen and oxygen atoms in total. The van der Waals surface area contributed by atoms with Gasteiger partial charge in [0.25, 0.3) is 0 Å². The molecule has 0 bridgehead atoms. The Balaban J connectivity index is 1.37. The molecule has 0 amide bonds. The summed E-state index contributed by atoms with van der Waals surface area (Å²) in [5.41, 5.74) is 3.30. The number of morpholine rings is 1. The van der Waals surface area contributed by atoms with Gasteiger partial charge in [0.15, 0.2) is 5.96 Å². The molecule has 1 heterocycles. The third-order valence-electron chi connectivity index (χ3n) is 6.31. The van der Waals surface area contributed by atoms with Gasteiger partial charge in [-0.25, -0.2) is 4.99 Å². The molecule has 5 heteroatoms. The van der Waals surface area contributed by atoms with Crippen LogP contribution in [-0.4, -0.2) is 50.3 Å². The van der Waals surface area contributed by atoms with Crippen LogP contribution in [0.5, 0.6) is 0 Å². The van der Waals surface area contributed by atoms with E-state index in [9.17, 15) is 0 Å². The Morgan fingerprint density at radius 3 is 2.56 bits per heavy atom. The molecule has 2 saturated carbocycles. The largest absolute Gasteiger partial charge is 0.379 e. The summed E-state index contributed by atoms with van der Waals surface area (Å²) in [7, 11) is 0. The minimum absolute atomic E-state index is 0.588. The summed E-state index contributed by atoms with van der Waals surface area (Å²) >= 11 is 0. The van der Waals surface area contributed by atoms with Crippen LogP contribution >= 0.6 is 0 Å². The van der Waals surface area contributed by atoms with Crippen molar-refractivity contribution < 1.29 is 4.74 Å². The smallest absolute Gasteiger partial charge is 0.191 e. The van der Waals surface area contributed by atoms with Crippen LogP contribution in [0.15, 0.2) is 29.3 Å². The lowest BCUT2D eigenvalue weighted by Gasteiger charge is -2.27. The van der Waals surface area contributed by atoms with Crippen molar-refractivity contribution in [3.8, 4) is 0 Å². The van der Waals surface area contributed by atoms with Gasteiger partial charge in [-0.15, -0.1) is 0 Å². The fourth-order valence-electron chi connectivity index (χ4n) is 4.22. The van der Waals surface area contributed by atoms with Crippen molar-refractivity contribution in [2.45, 2.75) is 45.7 Å². The zero-order chi connectivity index (χ0) is 18.5. The highest BCUT2D eigenvalue weighted by atomic mass is 16.5. The van der Waals surface area contributed by atoms with Gasteiger partial charge in [0.2, 0.25) is 0 Å². The summed E-state index contributed by atoms with van der Waals surface area (Å²) in [6, 6.07) is 8.72. The SMILES string of the molecule is CCNC(=NCc1ccccc1CN1CCOCC1)NCC1(C2CC2)CC1. The molecule has 1 aliphatic heterocycles. The molecule has 0 radical (unpaired) electrons. The van der Waals surface area contributed by atoms with Gasteiger partial charge in [0.05, 0.1) is 19.8 Å². The summed E-state index contributed by atoms with van der Waals surface area (Å²) in [6.45, 7) is 9.56. The van der Waals surface area contributed by atoms with E-state index < -0.39 is 0 Å². The van der Waals surface area contributed by atoms with Crippen molar-refractivity contribution >= 4 is 5.96 Å². The quantitative estimate of drug-likeness (QED) is 0.546. The van der Waals surface area contributed by atoms with Crippen LogP contribution in [0, 0.1) is 11.3 Å². The maximum atomic E-state index is 5.47. The fourth-order valence-corrected chi connectivity index (χ4v) is 4.22. The van der Waals surface area contributed by atoms with Crippen LogP contribution in [0.2, 0.25) is 0 Å². The van der Waals surface area contributed by atoms with Crippen molar-refractivity contribution in [2.24, 2.45) is 16.3 Å². The van der Waals surface area contributed by atoms with E-state index in [1.54, 1.807) is 0 Å². The van der Waals surface area contributed by atoms with Gasteiger partial charge < -0.3 is 15.4 Å². The first-order valence-corrected chi connectivity index (χ1v) is 10.7. The van der Waals surface area contributed by atoms with Crippen LogP contribution in [-0.2, 0) is 17.8 Å². The fraction of sp³-hybridized carbons (Fsp3) is 0.682. The van der Waals surface area contributed by atoms with E-state index in [4.69, 9.17) is 9.73 Å². The molecule has 0 atom stereocenters. The molecule has 4 rings (SSSR count). The third kappa shape index (κ3) is 5.02. The first-order valence-electron chi connectivity index (χ1n) is 10.7. The van der Waals surface area contributed by atoms with Crippen LogP contribution in [0.25, 0.3) is 0 Å². The van der Waals surface area contributed by atoms with Gasteiger partial charge in [-0.2, -0.15) is 0 Å². The predicted molar refractivity (Wildman–Crippen MR) is 110 cm³/mol. The Bertz CT molecular complexity index is 645. The van der Waals surface area contributed by atoms with Gasteiger partial charge in [-0.3, -0.25) is 4.90 Å². The van der Waals surface area contributed by atoms with Gasteiger partial charge >= 0.3 is 0 Å². The summed E-state index contributed by atoms with van der Waals surface area (Å²) in [5.74, 6) is 1.94. The molecular weight excluding hydrogens is 336 g/mol. The normalized spacial score (nSPS) is 22.5. The lowest BCUT2D eigenvalue weighted by Crippen LogP contribution is -2.40. The lowest BCUT2D eigenvalue weighted by atomic mass is 10.0. The second-order valence-corrected chi connectivity index (χ2v) is 8.34. The first kappa shape index (κ1) is 18.8. The van der Waals surface area contributed by atoms with Gasteiger partial charge in [0.1, 0.15) is 0 Å². The predicted octanol–water partition coefficient (Wildman–Crippen LogP) is 2.76. The molecular formula is C22H34N4O. The molecule has 1 saturated heterocycles. The van der Waals surface area contributed by atoms with E-state index >= 15 is 0 Å². The van der Waals surface area contributed by atoms with E-state index in [0.717, 1.165) is 64.4 Å². The van der Waals surface area contributed by atoms with Crippen molar-refractivity contribution in [3.05, 3.63) is 35.4 Å². The Morgan fingerprint density at radius 1 is 1.15 bits per heavy atom. The second-order valence-electron chi connectivity index (χ2n) is 8.34. The summed E-state index contributed by atoms with van der Waals surface area (Å²) in [6.07, 6.45) is 5.66. The van der Waals surface area contributed by atoms with Crippen molar-refractivity contribution in [2.75, 3.05) is 39.4 Å². The van der Waals surface area contributed by atoms with E-state index in [2.05, 4.69) is 46.7 Å². The summed E-state index contributed by atoms with van der Waals surface area (Å²) < 4.78 is 5.47. The number of aliphatic imine (C=N–C) groups is 1. The Hall–Kier alpha value is -1.59. The highest BCUT2D eigenvalue weighted by Gasteiger charge is 2.53. The highest BCUT2D eigenvalue weighted by molar-refractivity contribution is 5.79. The number of hydrogen-bond donors (Lipinski definition) is 2. The lowest BCUT2D eigenvalue weighted by molar-refractivity contribution is 0.0341. The topological polar surface area (TPSA) is 48.9 Å². The summed E-state index contributed by atoms with van der Waals surface area (Å²) in [5, 5.41) is 7.05. The zero-order valence-electron chi connectivity index (χ0n) is 16.7. The summed E-state index contributed by atoms with van der Waals surface area (Å²) in [4.78, 5) is 7.37. The van der Waals surface area contributed by atoms with E-state index in [1.165, 1.54) is 36.8 Å². The minimum Gasteiger partial charge on any atom is -0.379 e. The van der Waals surface area contributed by atoms with Crippen LogP contribution < -0.4 is 10.6 Å². The van der Waals surface area contributed by atoms with Crippen molar-refractivity contribution in [1.82, 2.24) is 15.5 Å². The molecule has 2 aliphatic carbocycles. The average molecular weight is 371 g/mol. The molecule has 0 spiro atoms. The maximum absolute atomic E-state index is 5.47. The molecule has 1 aromatic carbocycles. The number of hydrogen-bond acceptors (Lipinski definition) is 3. The highest BCUT2D eigenvalue weighted by Crippen LogP contribution is 2.60. The van der Waals surface area contributed by atoms with Gasteiger partial charge in [-0.05, 0) is 55.1 Å². The second kappa shape index (κ2) is 8.61. The molecule has 1 aromatic rings. The number of rotatable bonds is 8. The molecule has 0 unspecified atom stereocenters. The zero-order valence-corrected chi connectivity index (χ0v) is 16.7. The standard InChI is InChI=1S/C22H34N4O/c1-2-23-21(25-17-22(9-10-22)20-7-8-20)24-15-18-5-3-4-6-19(18)16-26-11-13-27-14-12-26/h3-6,20H,2,7-17H2,1H3,(H2,23,24,25). The Kier molecular flexibility index (Phi) is 5.98. The van der Waals surface area contributed by atoms with Gasteiger partial charge in [0, 0.05) is 32.7 Å².